The predicted molar refractivity (Wildman–Crippen MR) is 83.8 cm³/mol. The van der Waals surface area contributed by atoms with Crippen LogP contribution in [0.15, 0.2) is 36.4 Å². The fourth-order valence-electron chi connectivity index (χ4n) is 2.04. The SMILES string of the molecule is Cc1ccc(Cl)c(-n2nnnc2-c2ccc(Cl)cc2N)c1. The second-order valence-corrected chi connectivity index (χ2v) is 5.44. The normalized spacial score (nSPS) is 10.8. The number of hydrogen-bond donors (Lipinski definition) is 1. The second kappa shape index (κ2) is 5.35. The molecule has 0 aliphatic heterocycles. The zero-order valence-electron chi connectivity index (χ0n) is 11.1. The molecule has 2 aromatic carbocycles. The highest BCUT2D eigenvalue weighted by Gasteiger charge is 2.15. The molecule has 3 rings (SSSR count). The Morgan fingerprint density at radius 3 is 2.67 bits per heavy atom. The monoisotopic (exact) mass is 319 g/mol. The van der Waals surface area contributed by atoms with E-state index in [9.17, 15) is 0 Å². The maximum atomic E-state index is 6.24. The Morgan fingerprint density at radius 2 is 1.90 bits per heavy atom. The number of rotatable bonds is 2. The lowest BCUT2D eigenvalue weighted by molar-refractivity contribution is 0.791. The number of halogens is 2. The van der Waals surface area contributed by atoms with Crippen molar-refractivity contribution >= 4 is 28.9 Å². The van der Waals surface area contributed by atoms with Gasteiger partial charge in [-0.05, 0) is 53.2 Å². The van der Waals surface area contributed by atoms with Crippen LogP contribution in [-0.4, -0.2) is 20.2 Å². The Morgan fingerprint density at radius 1 is 1.10 bits per heavy atom. The number of nitrogen functional groups attached to an aromatic ring is 1. The van der Waals surface area contributed by atoms with Gasteiger partial charge in [-0.25, -0.2) is 0 Å². The number of benzene rings is 2. The van der Waals surface area contributed by atoms with E-state index in [1.165, 1.54) is 0 Å². The number of anilines is 1. The van der Waals surface area contributed by atoms with Crippen LogP contribution in [0, 0.1) is 6.92 Å². The van der Waals surface area contributed by atoms with E-state index in [-0.39, 0.29) is 0 Å². The summed E-state index contributed by atoms with van der Waals surface area (Å²) in [6.45, 7) is 1.97. The molecule has 0 saturated heterocycles. The molecule has 106 valence electrons. The zero-order valence-corrected chi connectivity index (χ0v) is 12.6. The molecule has 21 heavy (non-hydrogen) atoms. The van der Waals surface area contributed by atoms with Crippen molar-refractivity contribution in [1.29, 1.82) is 0 Å². The molecule has 2 N–H and O–H groups in total. The highest BCUT2D eigenvalue weighted by molar-refractivity contribution is 6.32. The molecule has 0 amide bonds. The van der Waals surface area contributed by atoms with Gasteiger partial charge in [0.15, 0.2) is 5.82 Å². The first-order valence-electron chi connectivity index (χ1n) is 6.16. The molecule has 0 bridgehead atoms. The smallest absolute Gasteiger partial charge is 0.189 e. The average molecular weight is 320 g/mol. The third-order valence-corrected chi connectivity index (χ3v) is 3.61. The van der Waals surface area contributed by atoms with Crippen LogP contribution in [0.1, 0.15) is 5.56 Å². The first-order chi connectivity index (χ1) is 10.1. The molecule has 1 aromatic heterocycles. The molecule has 7 heteroatoms. The lowest BCUT2D eigenvalue weighted by Gasteiger charge is -2.09. The van der Waals surface area contributed by atoms with Gasteiger partial charge in [-0.3, -0.25) is 0 Å². The van der Waals surface area contributed by atoms with Gasteiger partial charge in [0.05, 0.1) is 10.7 Å². The summed E-state index contributed by atoms with van der Waals surface area (Å²) in [5.41, 5.74) is 8.96. The quantitative estimate of drug-likeness (QED) is 0.733. The van der Waals surface area contributed by atoms with Gasteiger partial charge in [0.1, 0.15) is 0 Å². The lowest BCUT2D eigenvalue weighted by atomic mass is 10.1. The Kier molecular flexibility index (Phi) is 3.53. The Hall–Kier alpha value is -2.11. The summed E-state index contributed by atoms with van der Waals surface area (Å²) in [6.07, 6.45) is 0. The van der Waals surface area contributed by atoms with Crippen LogP contribution < -0.4 is 5.73 Å². The van der Waals surface area contributed by atoms with Crippen LogP contribution in [0.2, 0.25) is 10.0 Å². The fourth-order valence-corrected chi connectivity index (χ4v) is 2.42. The van der Waals surface area contributed by atoms with Gasteiger partial charge in [-0.1, -0.05) is 29.3 Å². The molecule has 0 fully saturated rings. The van der Waals surface area contributed by atoms with E-state index in [1.807, 2.05) is 25.1 Å². The number of aromatic nitrogens is 4. The molecule has 0 aliphatic rings. The van der Waals surface area contributed by atoms with E-state index in [0.29, 0.717) is 32.8 Å². The first kappa shape index (κ1) is 13.9. The van der Waals surface area contributed by atoms with Crippen molar-refractivity contribution in [2.24, 2.45) is 0 Å². The lowest BCUT2D eigenvalue weighted by Crippen LogP contribution is -2.02. The predicted octanol–water partition coefficient (Wildman–Crippen LogP) is 3.53. The summed E-state index contributed by atoms with van der Waals surface area (Å²) in [4.78, 5) is 0. The van der Waals surface area contributed by atoms with Gasteiger partial charge < -0.3 is 5.73 Å². The van der Waals surface area contributed by atoms with E-state index >= 15 is 0 Å². The minimum atomic E-state index is 0.502. The molecule has 0 saturated carbocycles. The van der Waals surface area contributed by atoms with Gasteiger partial charge in [-0.15, -0.1) is 5.10 Å². The van der Waals surface area contributed by atoms with Crippen LogP contribution in [0.25, 0.3) is 17.1 Å². The number of nitrogens with zero attached hydrogens (tertiary/aromatic N) is 4. The van der Waals surface area contributed by atoms with Crippen LogP contribution in [0.5, 0.6) is 0 Å². The first-order valence-corrected chi connectivity index (χ1v) is 6.92. The van der Waals surface area contributed by atoms with E-state index in [2.05, 4.69) is 15.5 Å². The Bertz CT molecular complexity index is 813. The van der Waals surface area contributed by atoms with Gasteiger partial charge in [0.25, 0.3) is 0 Å². The van der Waals surface area contributed by atoms with Crippen molar-refractivity contribution in [1.82, 2.24) is 20.2 Å². The summed E-state index contributed by atoms with van der Waals surface area (Å²) in [5, 5.41) is 12.9. The molecule has 3 aromatic rings. The molecule has 0 spiro atoms. The summed E-state index contributed by atoms with van der Waals surface area (Å²) in [7, 11) is 0. The van der Waals surface area contributed by atoms with Gasteiger partial charge in [0.2, 0.25) is 0 Å². The average Bonchev–Trinajstić information content (AvgIpc) is 2.90. The molecule has 5 nitrogen and oxygen atoms in total. The summed E-state index contributed by atoms with van der Waals surface area (Å²) in [5.74, 6) is 0.511. The molecule has 0 radical (unpaired) electrons. The third kappa shape index (κ3) is 2.57. The number of hydrogen-bond acceptors (Lipinski definition) is 4. The van der Waals surface area contributed by atoms with Gasteiger partial charge in [-0.2, -0.15) is 4.68 Å². The highest BCUT2D eigenvalue weighted by atomic mass is 35.5. The fraction of sp³-hybridized carbons (Fsp3) is 0.0714. The third-order valence-electron chi connectivity index (χ3n) is 3.05. The summed E-state index contributed by atoms with van der Waals surface area (Å²) in [6, 6.07) is 10.8. The van der Waals surface area contributed by atoms with E-state index < -0.39 is 0 Å². The van der Waals surface area contributed by atoms with Crippen LogP contribution in [0.3, 0.4) is 0 Å². The number of nitrogens with two attached hydrogens (primary N) is 1. The van der Waals surface area contributed by atoms with Crippen molar-refractivity contribution in [3.05, 3.63) is 52.0 Å². The summed E-state index contributed by atoms with van der Waals surface area (Å²) < 4.78 is 1.56. The van der Waals surface area contributed by atoms with Crippen molar-refractivity contribution in [2.75, 3.05) is 5.73 Å². The number of aryl methyl sites for hydroxylation is 1. The van der Waals surface area contributed by atoms with Gasteiger partial charge in [0, 0.05) is 16.3 Å². The van der Waals surface area contributed by atoms with E-state index in [4.69, 9.17) is 28.9 Å². The molecule has 0 aliphatic carbocycles. The van der Waals surface area contributed by atoms with Crippen LogP contribution in [0.4, 0.5) is 5.69 Å². The van der Waals surface area contributed by atoms with Crippen LogP contribution in [-0.2, 0) is 0 Å². The number of tetrazole rings is 1. The van der Waals surface area contributed by atoms with Crippen molar-refractivity contribution in [3.63, 3.8) is 0 Å². The minimum Gasteiger partial charge on any atom is -0.398 e. The maximum Gasteiger partial charge on any atom is 0.189 e. The molecule has 0 unspecified atom stereocenters. The minimum absolute atomic E-state index is 0.502. The molecule has 1 heterocycles. The van der Waals surface area contributed by atoms with E-state index in [1.54, 1.807) is 22.9 Å². The zero-order chi connectivity index (χ0) is 15.0. The molecular formula is C14H11Cl2N5. The van der Waals surface area contributed by atoms with E-state index in [0.717, 1.165) is 5.56 Å². The maximum absolute atomic E-state index is 6.24. The van der Waals surface area contributed by atoms with Crippen molar-refractivity contribution < 1.29 is 0 Å². The molecular weight excluding hydrogens is 309 g/mol. The van der Waals surface area contributed by atoms with Gasteiger partial charge >= 0.3 is 0 Å². The van der Waals surface area contributed by atoms with Crippen molar-refractivity contribution in [3.8, 4) is 17.1 Å². The highest BCUT2D eigenvalue weighted by Crippen LogP contribution is 2.30. The largest absolute Gasteiger partial charge is 0.398 e. The van der Waals surface area contributed by atoms with Crippen LogP contribution >= 0.6 is 23.2 Å². The second-order valence-electron chi connectivity index (χ2n) is 4.60. The standard InChI is InChI=1S/C14H11Cl2N5/c1-8-2-5-11(16)13(6-8)21-14(18-19-20-21)10-4-3-9(15)7-12(10)17/h2-7H,17H2,1H3. The summed E-state index contributed by atoms with van der Waals surface area (Å²) >= 11 is 12.2. The Balaban J connectivity index is 2.19. The Labute approximate surface area is 131 Å². The molecule has 0 atom stereocenters. The van der Waals surface area contributed by atoms with Crippen molar-refractivity contribution in [2.45, 2.75) is 6.92 Å². The topological polar surface area (TPSA) is 69.6 Å².